The van der Waals surface area contributed by atoms with E-state index in [2.05, 4.69) is 15.5 Å². The molecule has 0 unspecified atom stereocenters. The third-order valence-electron chi connectivity index (χ3n) is 8.99. The number of rotatable bonds is 9. The van der Waals surface area contributed by atoms with Crippen LogP contribution >= 0.6 is 12.4 Å². The van der Waals surface area contributed by atoms with E-state index >= 15 is 0 Å². The van der Waals surface area contributed by atoms with Crippen LogP contribution in [0.15, 0.2) is 59.5 Å². The Morgan fingerprint density at radius 1 is 1.00 bits per heavy atom. The summed E-state index contributed by atoms with van der Waals surface area (Å²) in [5.41, 5.74) is 0.626. The van der Waals surface area contributed by atoms with Crippen LogP contribution in [0.1, 0.15) is 62.1 Å². The highest BCUT2D eigenvalue weighted by Crippen LogP contribution is 2.37. The zero-order chi connectivity index (χ0) is 30.8. The lowest BCUT2D eigenvalue weighted by Gasteiger charge is -2.38. The number of hydrogen-bond donors (Lipinski definition) is 2. The molecule has 2 aromatic rings. The number of urea groups is 1. The van der Waals surface area contributed by atoms with Crippen molar-refractivity contribution in [2.45, 2.75) is 73.9 Å². The highest BCUT2D eigenvalue weighted by Gasteiger charge is 2.52. The molecule has 44 heavy (non-hydrogen) atoms. The summed E-state index contributed by atoms with van der Waals surface area (Å²) in [5, 5.41) is 6.02. The van der Waals surface area contributed by atoms with Gasteiger partial charge in [-0.3, -0.25) is 14.5 Å². The lowest BCUT2D eigenvalue weighted by atomic mass is 9.85. The molecule has 240 valence electrons. The summed E-state index contributed by atoms with van der Waals surface area (Å²) < 4.78 is 50.7. The Balaban J connectivity index is 0.00000442. The van der Waals surface area contributed by atoms with Gasteiger partial charge >= 0.3 is 6.03 Å². The first-order valence-electron chi connectivity index (χ1n) is 14.7. The van der Waals surface area contributed by atoms with Crippen LogP contribution < -0.4 is 10.6 Å². The molecule has 1 saturated carbocycles. The maximum absolute atomic E-state index is 13.6. The zero-order valence-electron chi connectivity index (χ0n) is 24.6. The van der Waals surface area contributed by atoms with Crippen LogP contribution in [-0.4, -0.2) is 73.4 Å². The number of amides is 4. The van der Waals surface area contributed by atoms with E-state index in [9.17, 15) is 31.6 Å². The number of alkyl halides is 2. The zero-order valence-corrected chi connectivity index (χ0v) is 26.3. The van der Waals surface area contributed by atoms with Crippen LogP contribution in [0.5, 0.6) is 0 Å². The molecule has 1 aliphatic carbocycles. The third kappa shape index (κ3) is 7.76. The van der Waals surface area contributed by atoms with Crippen LogP contribution in [-0.2, 0) is 26.0 Å². The van der Waals surface area contributed by atoms with Crippen molar-refractivity contribution in [1.29, 1.82) is 0 Å². The normalized spacial score (nSPS) is 21.0. The van der Waals surface area contributed by atoms with Crippen molar-refractivity contribution in [1.82, 2.24) is 20.4 Å². The van der Waals surface area contributed by atoms with Gasteiger partial charge in [0.15, 0.2) is 9.84 Å². The minimum absolute atomic E-state index is 0. The fraction of sp³-hybridized carbons (Fsp3) is 0.516. The topological polar surface area (TPSA) is 116 Å². The summed E-state index contributed by atoms with van der Waals surface area (Å²) in [6.45, 7) is 1.86. The second-order valence-corrected chi connectivity index (χ2v) is 14.1. The van der Waals surface area contributed by atoms with Gasteiger partial charge in [-0.1, -0.05) is 42.5 Å². The quantitative estimate of drug-likeness (QED) is 0.386. The maximum Gasteiger partial charge on any atom is 0.325 e. The molecule has 5 rings (SSSR count). The smallest absolute Gasteiger partial charge is 0.325 e. The number of carbonyl (C=O) groups is 3. The predicted octanol–water partition coefficient (Wildman–Crippen LogP) is 4.47. The first-order chi connectivity index (χ1) is 20.4. The van der Waals surface area contributed by atoms with Crippen LogP contribution in [0.4, 0.5) is 13.6 Å². The van der Waals surface area contributed by atoms with Gasteiger partial charge < -0.3 is 15.5 Å². The molecule has 2 saturated heterocycles. The van der Waals surface area contributed by atoms with Gasteiger partial charge in [0, 0.05) is 44.6 Å². The van der Waals surface area contributed by atoms with E-state index < -0.39 is 33.2 Å². The molecule has 9 nitrogen and oxygen atoms in total. The Bertz CT molecular complexity index is 1440. The number of imide groups is 1. The van der Waals surface area contributed by atoms with Gasteiger partial charge in [-0.15, -0.1) is 12.4 Å². The highest BCUT2D eigenvalue weighted by atomic mass is 35.5. The lowest BCUT2D eigenvalue weighted by molar-refractivity contribution is -0.133. The van der Waals surface area contributed by atoms with E-state index in [4.69, 9.17) is 0 Å². The lowest BCUT2D eigenvalue weighted by Crippen LogP contribution is -2.55. The molecular formula is C31H39ClF2N4O5S. The number of nitrogens with zero attached hydrogens (tertiary/aromatic N) is 2. The minimum atomic E-state index is -3.35. The Morgan fingerprint density at radius 2 is 1.61 bits per heavy atom. The van der Waals surface area contributed by atoms with Crippen molar-refractivity contribution in [2.75, 3.05) is 25.9 Å². The number of likely N-dealkylation sites (tertiary alicyclic amines) is 1. The minimum Gasteiger partial charge on any atom is -0.349 e. The van der Waals surface area contributed by atoms with E-state index in [0.29, 0.717) is 44.5 Å². The van der Waals surface area contributed by atoms with E-state index in [-0.39, 0.29) is 67.4 Å². The summed E-state index contributed by atoms with van der Waals surface area (Å²) >= 11 is 0. The molecular weight excluding hydrogens is 614 g/mol. The first-order valence-corrected chi connectivity index (χ1v) is 16.6. The largest absolute Gasteiger partial charge is 0.349 e. The maximum atomic E-state index is 13.6. The number of carbonyl (C=O) groups excluding carboxylic acids is 3. The number of piperidine rings is 1. The molecule has 3 fully saturated rings. The molecule has 3 aliphatic rings. The van der Waals surface area contributed by atoms with Crippen molar-refractivity contribution in [2.24, 2.45) is 5.92 Å². The summed E-state index contributed by atoms with van der Waals surface area (Å²) in [4.78, 5) is 42.8. The molecule has 2 aliphatic heterocycles. The Kier molecular flexibility index (Phi) is 10.4. The number of sulfone groups is 1. The fourth-order valence-electron chi connectivity index (χ4n) is 6.25. The number of halogens is 3. The predicted molar refractivity (Wildman–Crippen MR) is 163 cm³/mol. The average molecular weight is 653 g/mol. The average Bonchev–Trinajstić information content (AvgIpc) is 3.20. The molecule has 13 heteroatoms. The number of nitrogens with one attached hydrogen (secondary N) is 2. The van der Waals surface area contributed by atoms with Gasteiger partial charge in [0.2, 0.25) is 11.8 Å². The molecule has 1 atom stereocenters. The molecule has 2 N–H and O–H groups in total. The first kappa shape index (κ1) is 33.8. The molecule has 1 spiro atoms. The van der Waals surface area contributed by atoms with E-state index in [0.717, 1.165) is 11.8 Å². The Morgan fingerprint density at radius 3 is 2.20 bits per heavy atom. The van der Waals surface area contributed by atoms with Crippen LogP contribution in [0.25, 0.3) is 0 Å². The third-order valence-corrected chi connectivity index (χ3v) is 10.1. The standard InChI is InChI=1S/C31H38F2N4O5S.ClH/c1-43(41,42)25-9-7-22(8-10-25)21-37-28(39)30(35-29(37)40)16-19-36(20-17-30)18-13-26(23-5-3-2-4-6-23)34-27(38)24-11-14-31(32,33)15-12-24;/h2-10,24,26H,11-21H2,1H3,(H,34,38)(H,35,40);1H/t26-;/m0./s1. The summed E-state index contributed by atoms with van der Waals surface area (Å²) in [6, 6.07) is 15.0. The molecule has 2 aromatic carbocycles. The van der Waals surface area contributed by atoms with E-state index in [1.807, 2.05) is 30.3 Å². The van der Waals surface area contributed by atoms with E-state index in [1.54, 1.807) is 12.1 Å². The van der Waals surface area contributed by atoms with Crippen molar-refractivity contribution in [3.63, 3.8) is 0 Å². The van der Waals surface area contributed by atoms with E-state index in [1.165, 1.54) is 17.0 Å². The molecule has 4 amide bonds. The number of hydrogen-bond acceptors (Lipinski definition) is 6. The molecule has 2 heterocycles. The van der Waals surface area contributed by atoms with Gasteiger partial charge in [-0.25, -0.2) is 22.0 Å². The van der Waals surface area contributed by atoms with Gasteiger partial charge in [-0.05, 0) is 55.4 Å². The van der Waals surface area contributed by atoms with Gasteiger partial charge in [0.1, 0.15) is 5.54 Å². The van der Waals surface area contributed by atoms with Crippen LogP contribution in [0, 0.1) is 5.92 Å². The second kappa shape index (κ2) is 13.5. The second-order valence-electron chi connectivity index (χ2n) is 12.1. The molecule has 0 bridgehead atoms. The molecule has 0 aromatic heterocycles. The summed E-state index contributed by atoms with van der Waals surface area (Å²) in [5.74, 6) is -3.58. The van der Waals surface area contributed by atoms with Crippen LogP contribution in [0.3, 0.4) is 0 Å². The SMILES string of the molecule is CS(=O)(=O)c1ccc(CN2C(=O)NC3(CCN(CC[C@H](NC(=O)C4CCC(F)(F)CC4)c4ccccc4)CC3)C2=O)cc1.Cl. The van der Waals surface area contributed by atoms with Crippen molar-refractivity contribution >= 4 is 40.1 Å². The van der Waals surface area contributed by atoms with Crippen LogP contribution in [0.2, 0.25) is 0 Å². The fourth-order valence-corrected chi connectivity index (χ4v) is 6.88. The molecule has 0 radical (unpaired) electrons. The summed E-state index contributed by atoms with van der Waals surface area (Å²) in [7, 11) is -3.35. The highest BCUT2D eigenvalue weighted by molar-refractivity contribution is 7.90. The van der Waals surface area contributed by atoms with Gasteiger partial charge in [0.05, 0.1) is 17.5 Å². The summed E-state index contributed by atoms with van der Waals surface area (Å²) in [6.07, 6.45) is 2.45. The Hall–Kier alpha value is -3.09. The van der Waals surface area contributed by atoms with Crippen molar-refractivity contribution in [3.8, 4) is 0 Å². The van der Waals surface area contributed by atoms with Gasteiger partial charge in [-0.2, -0.15) is 0 Å². The monoisotopic (exact) mass is 652 g/mol. The Labute approximate surface area is 263 Å². The van der Waals surface area contributed by atoms with Crippen molar-refractivity contribution in [3.05, 3.63) is 65.7 Å². The van der Waals surface area contributed by atoms with Crippen molar-refractivity contribution < 1.29 is 31.6 Å². The number of benzene rings is 2. The van der Waals surface area contributed by atoms with Gasteiger partial charge in [0.25, 0.3) is 5.91 Å².